The molecule has 1 saturated heterocycles. The summed E-state index contributed by atoms with van der Waals surface area (Å²) >= 11 is 0. The molecule has 0 N–H and O–H groups in total. The van der Waals surface area contributed by atoms with Crippen molar-refractivity contribution in [1.29, 1.82) is 0 Å². The summed E-state index contributed by atoms with van der Waals surface area (Å²) in [5, 5.41) is 1.35. The fourth-order valence-electron chi connectivity index (χ4n) is 2.77. The first kappa shape index (κ1) is 15.2. The molecule has 2 aliphatic heterocycles. The van der Waals surface area contributed by atoms with Crippen LogP contribution in [0.3, 0.4) is 0 Å². The zero-order valence-corrected chi connectivity index (χ0v) is 13.0. The van der Waals surface area contributed by atoms with Gasteiger partial charge in [-0.25, -0.2) is 0 Å². The Kier molecular flexibility index (Phi) is 3.16. The second-order valence-electron chi connectivity index (χ2n) is 6.09. The van der Waals surface area contributed by atoms with Crippen LogP contribution in [0.15, 0.2) is 22.3 Å². The molecule has 6 nitrogen and oxygen atoms in total. The van der Waals surface area contributed by atoms with Crippen molar-refractivity contribution in [1.82, 2.24) is 10.0 Å². The zero-order valence-electron chi connectivity index (χ0n) is 13.0. The summed E-state index contributed by atoms with van der Waals surface area (Å²) in [6.07, 6.45) is 0. The standard InChI is InChI=1S/C15H18N2O4/c1-7(2)10-13(20)17(14(21)15(10,5)6)16-11(18)8(3)9(4)12(16)19/h1-6H3. The molecule has 0 aromatic carbocycles. The van der Waals surface area contributed by atoms with Crippen LogP contribution < -0.4 is 0 Å². The molecule has 1 fully saturated rings. The van der Waals surface area contributed by atoms with Gasteiger partial charge >= 0.3 is 0 Å². The summed E-state index contributed by atoms with van der Waals surface area (Å²) in [5.74, 6) is -2.41. The molecular weight excluding hydrogens is 272 g/mol. The summed E-state index contributed by atoms with van der Waals surface area (Å²) in [7, 11) is 0. The van der Waals surface area contributed by atoms with Gasteiger partial charge in [-0.3, -0.25) is 19.2 Å². The molecule has 0 aromatic heterocycles. The minimum atomic E-state index is -1.05. The first-order chi connectivity index (χ1) is 9.53. The third kappa shape index (κ3) is 1.78. The molecule has 0 saturated carbocycles. The lowest BCUT2D eigenvalue weighted by molar-refractivity contribution is -0.172. The normalized spacial score (nSPS) is 22.1. The minimum Gasteiger partial charge on any atom is -0.271 e. The molecule has 2 heterocycles. The summed E-state index contributed by atoms with van der Waals surface area (Å²) in [6, 6.07) is 0. The van der Waals surface area contributed by atoms with Crippen LogP contribution in [0.4, 0.5) is 0 Å². The van der Waals surface area contributed by atoms with E-state index in [2.05, 4.69) is 0 Å². The van der Waals surface area contributed by atoms with E-state index in [0.717, 1.165) is 0 Å². The van der Waals surface area contributed by atoms with Gasteiger partial charge in [-0.15, -0.1) is 0 Å². The van der Waals surface area contributed by atoms with Crippen molar-refractivity contribution >= 4 is 23.6 Å². The Labute approximate surface area is 123 Å². The Bertz CT molecular complexity index is 639. The van der Waals surface area contributed by atoms with Gasteiger partial charge in [0, 0.05) is 16.7 Å². The summed E-state index contributed by atoms with van der Waals surface area (Å²) in [5.41, 5.74) is 0.478. The predicted octanol–water partition coefficient (Wildman–Crippen LogP) is 1.34. The van der Waals surface area contributed by atoms with Crippen molar-refractivity contribution in [3.63, 3.8) is 0 Å². The van der Waals surface area contributed by atoms with Crippen LogP contribution in [0.1, 0.15) is 41.5 Å². The third-order valence-corrected chi connectivity index (χ3v) is 4.05. The highest BCUT2D eigenvalue weighted by atomic mass is 16.2. The second-order valence-corrected chi connectivity index (χ2v) is 6.09. The molecule has 0 atom stereocenters. The van der Waals surface area contributed by atoms with E-state index in [-0.39, 0.29) is 11.1 Å². The molecule has 0 bridgehead atoms. The van der Waals surface area contributed by atoms with E-state index >= 15 is 0 Å². The molecule has 21 heavy (non-hydrogen) atoms. The van der Waals surface area contributed by atoms with Crippen molar-refractivity contribution < 1.29 is 19.2 Å². The first-order valence-electron chi connectivity index (χ1n) is 6.66. The molecule has 0 aliphatic carbocycles. The van der Waals surface area contributed by atoms with Crippen LogP contribution in [0.5, 0.6) is 0 Å². The van der Waals surface area contributed by atoms with E-state index in [9.17, 15) is 19.2 Å². The monoisotopic (exact) mass is 290 g/mol. The lowest BCUT2D eigenvalue weighted by Crippen LogP contribution is -2.51. The Morgan fingerprint density at radius 2 is 1.24 bits per heavy atom. The zero-order chi connectivity index (χ0) is 16.3. The maximum Gasteiger partial charge on any atom is 0.277 e. The lowest BCUT2D eigenvalue weighted by atomic mass is 9.84. The number of rotatable bonds is 1. The SMILES string of the molecule is CC(C)=C1C(=O)N(N2C(=O)C(C)=C(C)C2=O)C(=O)C1(C)C. The number of allylic oxidation sites excluding steroid dienone is 1. The number of carbonyl (C=O) groups excluding carboxylic acids is 4. The number of hydrogen-bond acceptors (Lipinski definition) is 4. The van der Waals surface area contributed by atoms with Crippen molar-refractivity contribution in [2.24, 2.45) is 5.41 Å². The maximum absolute atomic E-state index is 12.6. The smallest absolute Gasteiger partial charge is 0.271 e. The van der Waals surface area contributed by atoms with E-state index in [1.54, 1.807) is 27.7 Å². The Morgan fingerprint density at radius 1 is 0.810 bits per heavy atom. The highest BCUT2D eigenvalue weighted by Crippen LogP contribution is 2.41. The van der Waals surface area contributed by atoms with Crippen LogP contribution in [0, 0.1) is 5.41 Å². The number of amides is 4. The number of nitrogens with zero attached hydrogens (tertiary/aromatic N) is 2. The van der Waals surface area contributed by atoms with Gasteiger partial charge in [0.2, 0.25) is 0 Å². The fourth-order valence-corrected chi connectivity index (χ4v) is 2.77. The van der Waals surface area contributed by atoms with Gasteiger partial charge in [0.1, 0.15) is 0 Å². The number of imide groups is 2. The molecule has 2 aliphatic rings. The van der Waals surface area contributed by atoms with Crippen LogP contribution in [0.25, 0.3) is 0 Å². The van der Waals surface area contributed by atoms with Crippen LogP contribution in [-0.2, 0) is 19.2 Å². The largest absolute Gasteiger partial charge is 0.277 e. The van der Waals surface area contributed by atoms with Crippen molar-refractivity contribution in [3.05, 3.63) is 22.3 Å². The van der Waals surface area contributed by atoms with E-state index in [4.69, 9.17) is 0 Å². The van der Waals surface area contributed by atoms with Gasteiger partial charge < -0.3 is 0 Å². The molecule has 4 amide bonds. The predicted molar refractivity (Wildman–Crippen MR) is 74.2 cm³/mol. The van der Waals surface area contributed by atoms with Crippen LogP contribution in [-0.4, -0.2) is 33.6 Å². The van der Waals surface area contributed by atoms with E-state index in [1.165, 1.54) is 13.8 Å². The van der Waals surface area contributed by atoms with Gasteiger partial charge in [-0.2, -0.15) is 10.0 Å². The first-order valence-corrected chi connectivity index (χ1v) is 6.66. The Balaban J connectivity index is 2.56. The molecule has 2 rings (SSSR count). The van der Waals surface area contributed by atoms with Gasteiger partial charge in [0.25, 0.3) is 23.6 Å². The van der Waals surface area contributed by atoms with Gasteiger partial charge in [-0.1, -0.05) is 5.57 Å². The van der Waals surface area contributed by atoms with Crippen molar-refractivity contribution in [2.45, 2.75) is 41.5 Å². The Morgan fingerprint density at radius 3 is 1.57 bits per heavy atom. The van der Waals surface area contributed by atoms with E-state index in [1.807, 2.05) is 0 Å². The van der Waals surface area contributed by atoms with Gasteiger partial charge in [0.15, 0.2) is 0 Å². The van der Waals surface area contributed by atoms with Crippen LogP contribution >= 0.6 is 0 Å². The lowest BCUT2D eigenvalue weighted by Gasteiger charge is -2.25. The summed E-state index contributed by atoms with van der Waals surface area (Å²) in [4.78, 5) is 49.5. The molecular formula is C15H18N2O4. The average molecular weight is 290 g/mol. The fraction of sp³-hybridized carbons (Fsp3) is 0.467. The Hall–Kier alpha value is -2.24. The molecule has 0 radical (unpaired) electrons. The van der Waals surface area contributed by atoms with E-state index in [0.29, 0.717) is 21.2 Å². The van der Waals surface area contributed by atoms with Crippen LogP contribution in [0.2, 0.25) is 0 Å². The number of hydrazine groups is 1. The molecule has 112 valence electrons. The number of hydrogen-bond donors (Lipinski definition) is 0. The molecule has 6 heteroatoms. The van der Waals surface area contributed by atoms with E-state index < -0.39 is 29.0 Å². The van der Waals surface area contributed by atoms with Crippen molar-refractivity contribution in [3.8, 4) is 0 Å². The molecule has 0 unspecified atom stereocenters. The van der Waals surface area contributed by atoms with Crippen molar-refractivity contribution in [2.75, 3.05) is 0 Å². The second kappa shape index (κ2) is 4.38. The molecule has 0 aromatic rings. The third-order valence-electron chi connectivity index (χ3n) is 4.05. The maximum atomic E-state index is 12.6. The summed E-state index contributed by atoms with van der Waals surface area (Å²) in [6.45, 7) is 9.71. The van der Waals surface area contributed by atoms with Gasteiger partial charge in [0.05, 0.1) is 5.41 Å². The average Bonchev–Trinajstić information content (AvgIpc) is 2.66. The minimum absolute atomic E-state index is 0.254. The topological polar surface area (TPSA) is 74.8 Å². The van der Waals surface area contributed by atoms with Gasteiger partial charge in [-0.05, 0) is 41.5 Å². The highest BCUT2D eigenvalue weighted by molar-refractivity contribution is 6.25. The quantitative estimate of drug-likeness (QED) is 0.539. The number of carbonyl (C=O) groups is 4. The summed E-state index contributed by atoms with van der Waals surface area (Å²) < 4.78 is 0. The highest BCUT2D eigenvalue weighted by Gasteiger charge is 2.56. The molecule has 0 spiro atoms.